The monoisotopic (exact) mass is 486 g/mol. The number of aromatic nitrogens is 4. The van der Waals surface area contributed by atoms with Crippen LogP contribution in [0.25, 0.3) is 79.0 Å². The molecule has 3 aromatic carbocycles. The van der Waals surface area contributed by atoms with E-state index in [0.717, 1.165) is 50.4 Å². The number of nitrogens with one attached hydrogen (secondary N) is 2. The molecule has 178 valence electrons. The molecule has 8 rings (SSSR count). The van der Waals surface area contributed by atoms with Crippen molar-refractivity contribution in [1.82, 2.24) is 19.9 Å². The Morgan fingerprint density at radius 2 is 1.00 bits per heavy atom. The molecule has 3 aromatic heterocycles. The normalized spacial score (nSPS) is 12.5. The average molecular weight is 487 g/mol. The summed E-state index contributed by atoms with van der Waals surface area (Å²) in [6, 6.07) is 34.3. The number of nitrogens with zero attached hydrogens (tertiary/aromatic N) is 2. The van der Waals surface area contributed by atoms with E-state index in [1.807, 2.05) is 6.08 Å². The summed E-state index contributed by atoms with van der Waals surface area (Å²) in [6.45, 7) is 0. The maximum Gasteiger partial charge on any atom is 0.0658 e. The standard InChI is InChI=1S/C34H22N4/c1-2-6-29-21(5-1)15-32(31-8-4-3-7-30(29)31)33-19-28-18-26-12-11-24(36-26)16-22-9-10-23(35-22)17-25-13-14-27(37-25)20-34(33)38-28/h1-20,35,38H. The predicted octanol–water partition coefficient (Wildman–Crippen LogP) is 8.63. The van der Waals surface area contributed by atoms with Gasteiger partial charge < -0.3 is 9.97 Å². The van der Waals surface area contributed by atoms with Crippen LogP contribution in [-0.4, -0.2) is 19.9 Å². The van der Waals surface area contributed by atoms with Crippen molar-refractivity contribution in [2.45, 2.75) is 0 Å². The Hall–Kier alpha value is -5.22. The number of H-pyrrole nitrogens is 2. The van der Waals surface area contributed by atoms with Crippen molar-refractivity contribution in [2.75, 3.05) is 0 Å². The zero-order valence-corrected chi connectivity index (χ0v) is 20.4. The Labute approximate surface area is 218 Å². The van der Waals surface area contributed by atoms with Crippen LogP contribution in [0, 0.1) is 0 Å². The highest BCUT2D eigenvalue weighted by Crippen LogP contribution is 2.37. The van der Waals surface area contributed by atoms with Crippen LogP contribution in [0.1, 0.15) is 22.8 Å². The molecule has 2 aliphatic rings. The van der Waals surface area contributed by atoms with Crippen LogP contribution >= 0.6 is 0 Å². The van der Waals surface area contributed by atoms with Gasteiger partial charge in [-0.25, -0.2) is 9.97 Å². The number of benzene rings is 3. The van der Waals surface area contributed by atoms with Gasteiger partial charge in [0.05, 0.1) is 22.8 Å². The van der Waals surface area contributed by atoms with Crippen molar-refractivity contribution >= 4 is 67.9 Å². The van der Waals surface area contributed by atoms with Crippen molar-refractivity contribution in [3.05, 3.63) is 120 Å². The lowest BCUT2D eigenvalue weighted by molar-refractivity contribution is 1.31. The summed E-state index contributed by atoms with van der Waals surface area (Å²) in [5.74, 6) is 0. The van der Waals surface area contributed by atoms with Crippen LogP contribution in [-0.2, 0) is 0 Å². The van der Waals surface area contributed by atoms with E-state index < -0.39 is 0 Å². The van der Waals surface area contributed by atoms with Gasteiger partial charge in [-0.15, -0.1) is 0 Å². The molecule has 8 bridgehead atoms. The van der Waals surface area contributed by atoms with Crippen LogP contribution in [0.5, 0.6) is 0 Å². The molecule has 0 saturated carbocycles. The summed E-state index contributed by atoms with van der Waals surface area (Å²) >= 11 is 0. The second-order valence-electron chi connectivity index (χ2n) is 9.78. The molecule has 0 fully saturated rings. The van der Waals surface area contributed by atoms with Crippen molar-refractivity contribution in [3.8, 4) is 11.1 Å². The summed E-state index contributed by atoms with van der Waals surface area (Å²) in [5.41, 5.74) is 10.0. The number of hydrogen-bond donors (Lipinski definition) is 2. The third-order valence-electron chi connectivity index (χ3n) is 7.23. The Morgan fingerprint density at radius 3 is 1.71 bits per heavy atom. The van der Waals surface area contributed by atoms with E-state index in [-0.39, 0.29) is 0 Å². The second-order valence-corrected chi connectivity index (χ2v) is 9.78. The molecule has 0 aliphatic carbocycles. The van der Waals surface area contributed by atoms with E-state index in [2.05, 4.69) is 125 Å². The zero-order chi connectivity index (χ0) is 25.1. The Kier molecular flexibility index (Phi) is 4.49. The number of rotatable bonds is 1. The van der Waals surface area contributed by atoms with Crippen molar-refractivity contribution in [2.24, 2.45) is 0 Å². The van der Waals surface area contributed by atoms with Gasteiger partial charge in [-0.3, -0.25) is 0 Å². The molecule has 0 amide bonds. The van der Waals surface area contributed by atoms with Gasteiger partial charge in [0, 0.05) is 27.6 Å². The molecule has 0 saturated heterocycles. The molecule has 4 nitrogen and oxygen atoms in total. The average Bonchev–Trinajstić information content (AvgIpc) is 3.74. The topological polar surface area (TPSA) is 57.4 Å². The first-order valence-electron chi connectivity index (χ1n) is 12.7. The SMILES string of the molecule is C1=Cc2cc3cc(-c4cc5ccccc5c5ccccc45)c(cc4nc(cc5ccc(cc1n2)[nH]5)C=C4)[nH]3. The third kappa shape index (κ3) is 3.54. The molecule has 4 heteroatoms. The van der Waals surface area contributed by atoms with E-state index in [0.29, 0.717) is 0 Å². The van der Waals surface area contributed by atoms with Gasteiger partial charge >= 0.3 is 0 Å². The second kappa shape index (κ2) is 8.15. The Bertz CT molecular complexity index is 2140. The number of aromatic amines is 2. The van der Waals surface area contributed by atoms with Gasteiger partial charge in [-0.2, -0.15) is 0 Å². The van der Waals surface area contributed by atoms with E-state index in [9.17, 15) is 0 Å². The van der Waals surface area contributed by atoms with E-state index >= 15 is 0 Å². The zero-order valence-electron chi connectivity index (χ0n) is 20.4. The van der Waals surface area contributed by atoms with Gasteiger partial charge in [-0.05, 0) is 99.9 Å². The minimum absolute atomic E-state index is 0.912. The summed E-state index contributed by atoms with van der Waals surface area (Å²) < 4.78 is 0. The number of fused-ring (bicyclic) bond motifs is 11. The van der Waals surface area contributed by atoms with E-state index in [1.165, 1.54) is 27.1 Å². The third-order valence-corrected chi connectivity index (χ3v) is 7.23. The summed E-state index contributed by atoms with van der Waals surface area (Å²) in [5, 5.41) is 4.97. The minimum Gasteiger partial charge on any atom is -0.355 e. The lowest BCUT2D eigenvalue weighted by atomic mass is 9.93. The van der Waals surface area contributed by atoms with E-state index in [1.54, 1.807) is 0 Å². The maximum atomic E-state index is 4.88. The fourth-order valence-corrected chi connectivity index (χ4v) is 5.52. The lowest BCUT2D eigenvalue weighted by Gasteiger charge is -2.10. The van der Waals surface area contributed by atoms with Crippen LogP contribution < -0.4 is 0 Å². The lowest BCUT2D eigenvalue weighted by Crippen LogP contribution is -1.84. The highest BCUT2D eigenvalue weighted by Gasteiger charge is 2.12. The van der Waals surface area contributed by atoms with E-state index in [4.69, 9.17) is 9.97 Å². The largest absolute Gasteiger partial charge is 0.355 e. The predicted molar refractivity (Wildman–Crippen MR) is 159 cm³/mol. The summed E-state index contributed by atoms with van der Waals surface area (Å²) in [7, 11) is 0. The smallest absolute Gasteiger partial charge is 0.0658 e. The van der Waals surface area contributed by atoms with Crippen LogP contribution in [0.3, 0.4) is 0 Å². The van der Waals surface area contributed by atoms with Crippen molar-refractivity contribution < 1.29 is 0 Å². The van der Waals surface area contributed by atoms with Crippen LogP contribution in [0.4, 0.5) is 0 Å². The molecular formula is C34H22N4. The fraction of sp³-hybridized carbons (Fsp3) is 0. The first-order chi connectivity index (χ1) is 18.7. The number of hydrogen-bond acceptors (Lipinski definition) is 2. The molecule has 2 aliphatic heterocycles. The van der Waals surface area contributed by atoms with Gasteiger partial charge in [-0.1, -0.05) is 48.5 Å². The minimum atomic E-state index is 0.912. The molecule has 0 atom stereocenters. The van der Waals surface area contributed by atoms with Crippen LogP contribution in [0.2, 0.25) is 0 Å². The molecular weight excluding hydrogens is 464 g/mol. The first-order valence-corrected chi connectivity index (χ1v) is 12.7. The van der Waals surface area contributed by atoms with Gasteiger partial charge in [0.25, 0.3) is 0 Å². The molecule has 0 radical (unpaired) electrons. The maximum absolute atomic E-state index is 4.88. The first kappa shape index (κ1) is 20.9. The molecule has 0 spiro atoms. The molecule has 38 heavy (non-hydrogen) atoms. The molecule has 5 heterocycles. The fourth-order valence-electron chi connectivity index (χ4n) is 5.52. The van der Waals surface area contributed by atoms with Crippen molar-refractivity contribution in [1.29, 1.82) is 0 Å². The van der Waals surface area contributed by atoms with Gasteiger partial charge in [0.15, 0.2) is 0 Å². The molecule has 6 aromatic rings. The summed E-state index contributed by atoms with van der Waals surface area (Å²) in [6.07, 6.45) is 8.23. The van der Waals surface area contributed by atoms with Crippen LogP contribution in [0.15, 0.2) is 97.1 Å². The van der Waals surface area contributed by atoms with Gasteiger partial charge in [0.2, 0.25) is 0 Å². The van der Waals surface area contributed by atoms with Crippen molar-refractivity contribution in [3.63, 3.8) is 0 Å². The Morgan fingerprint density at radius 1 is 0.421 bits per heavy atom. The highest BCUT2D eigenvalue weighted by molar-refractivity contribution is 6.15. The quantitative estimate of drug-likeness (QED) is 0.228. The Balaban J connectivity index is 1.47. The molecule has 0 unspecified atom stereocenters. The summed E-state index contributed by atoms with van der Waals surface area (Å²) in [4.78, 5) is 16.8. The molecule has 2 N–H and O–H groups in total. The van der Waals surface area contributed by atoms with Gasteiger partial charge in [0.1, 0.15) is 0 Å². The highest BCUT2D eigenvalue weighted by atomic mass is 14.8.